The van der Waals surface area contributed by atoms with Crippen LogP contribution in [-0.2, 0) is 0 Å². The fourth-order valence-electron chi connectivity index (χ4n) is 2.46. The van der Waals surface area contributed by atoms with E-state index in [9.17, 15) is 14.9 Å². The second-order valence-electron chi connectivity index (χ2n) is 5.16. The molecule has 0 bridgehead atoms. The molecule has 8 heteroatoms. The molecular weight excluding hydrogens is 342 g/mol. The molecule has 7 nitrogen and oxygen atoms in total. The number of hydrogen-bond donors (Lipinski definition) is 0. The highest BCUT2D eigenvalue weighted by atomic mass is 32.1. The first-order chi connectivity index (χ1) is 12.0. The van der Waals surface area contributed by atoms with Gasteiger partial charge < -0.3 is 4.74 Å². The number of rotatable bonds is 5. The van der Waals surface area contributed by atoms with Crippen molar-refractivity contribution < 1.29 is 14.5 Å². The van der Waals surface area contributed by atoms with E-state index in [-0.39, 0.29) is 22.9 Å². The highest BCUT2D eigenvalue weighted by Gasteiger charge is 2.23. The smallest absolute Gasteiger partial charge is 0.311 e. The van der Waals surface area contributed by atoms with Crippen LogP contribution in [-0.4, -0.2) is 29.5 Å². The van der Waals surface area contributed by atoms with Crippen LogP contribution in [0.1, 0.15) is 17.3 Å². The van der Waals surface area contributed by atoms with Gasteiger partial charge in [0.1, 0.15) is 0 Å². The average molecular weight is 357 g/mol. The summed E-state index contributed by atoms with van der Waals surface area (Å²) in [4.78, 5) is 29.5. The minimum Gasteiger partial charge on any atom is -0.490 e. The molecular formula is C17H15N3O4S. The standard InChI is InChI=1S/C17H15N3O4S/c1-3-19(17-18-12-6-4-5-7-15(12)25-17)16(21)11-8-9-14(24-2)13(10-11)20(22)23/h4-10H,3H2,1-2H3. The van der Waals surface area contributed by atoms with Gasteiger partial charge in [-0.15, -0.1) is 0 Å². The van der Waals surface area contributed by atoms with E-state index in [0.29, 0.717) is 11.7 Å². The first-order valence-corrected chi connectivity index (χ1v) is 8.36. The maximum absolute atomic E-state index is 12.9. The Morgan fingerprint density at radius 1 is 1.32 bits per heavy atom. The molecule has 1 heterocycles. The fraction of sp³-hybridized carbons (Fsp3) is 0.176. The van der Waals surface area contributed by atoms with E-state index < -0.39 is 4.92 Å². The van der Waals surface area contributed by atoms with Gasteiger partial charge in [-0.3, -0.25) is 19.8 Å². The number of methoxy groups -OCH3 is 1. The summed E-state index contributed by atoms with van der Waals surface area (Å²) >= 11 is 1.41. The summed E-state index contributed by atoms with van der Waals surface area (Å²) in [6.45, 7) is 2.24. The number of anilines is 1. The van der Waals surface area contributed by atoms with E-state index >= 15 is 0 Å². The van der Waals surface area contributed by atoms with Crippen LogP contribution in [0, 0.1) is 10.1 Å². The Hall–Kier alpha value is -3.00. The molecule has 1 aromatic heterocycles. The molecule has 0 N–H and O–H groups in total. The second-order valence-corrected chi connectivity index (χ2v) is 6.17. The van der Waals surface area contributed by atoms with Gasteiger partial charge in [-0.1, -0.05) is 23.5 Å². The molecule has 0 saturated carbocycles. The van der Waals surface area contributed by atoms with Crippen molar-refractivity contribution in [1.82, 2.24) is 4.98 Å². The average Bonchev–Trinajstić information content (AvgIpc) is 3.05. The van der Waals surface area contributed by atoms with Crippen LogP contribution in [0.15, 0.2) is 42.5 Å². The molecule has 0 aliphatic heterocycles. The van der Waals surface area contributed by atoms with E-state index in [2.05, 4.69) is 4.98 Å². The Morgan fingerprint density at radius 3 is 2.72 bits per heavy atom. The monoisotopic (exact) mass is 357 g/mol. The Balaban J connectivity index is 2.00. The van der Waals surface area contributed by atoms with E-state index in [0.717, 1.165) is 10.2 Å². The zero-order valence-corrected chi connectivity index (χ0v) is 14.4. The van der Waals surface area contributed by atoms with Crippen molar-refractivity contribution in [1.29, 1.82) is 0 Å². The molecule has 25 heavy (non-hydrogen) atoms. The normalized spacial score (nSPS) is 10.6. The highest BCUT2D eigenvalue weighted by Crippen LogP contribution is 2.31. The molecule has 0 atom stereocenters. The van der Waals surface area contributed by atoms with Crippen molar-refractivity contribution in [2.75, 3.05) is 18.6 Å². The first kappa shape index (κ1) is 16.8. The predicted molar refractivity (Wildman–Crippen MR) is 96.6 cm³/mol. The third kappa shape index (κ3) is 3.16. The number of nitrogens with zero attached hydrogens (tertiary/aromatic N) is 3. The molecule has 0 saturated heterocycles. The summed E-state index contributed by atoms with van der Waals surface area (Å²) in [6, 6.07) is 11.8. The second kappa shape index (κ2) is 6.86. The first-order valence-electron chi connectivity index (χ1n) is 7.55. The van der Waals surface area contributed by atoms with Crippen molar-refractivity contribution in [2.24, 2.45) is 0 Å². The molecule has 2 aromatic carbocycles. The van der Waals surface area contributed by atoms with Crippen molar-refractivity contribution in [3.63, 3.8) is 0 Å². The van der Waals surface area contributed by atoms with E-state index in [1.165, 1.54) is 41.5 Å². The zero-order chi connectivity index (χ0) is 18.0. The van der Waals surface area contributed by atoms with Gasteiger partial charge >= 0.3 is 5.69 Å². The van der Waals surface area contributed by atoms with Gasteiger partial charge in [0.05, 0.1) is 22.2 Å². The van der Waals surface area contributed by atoms with Gasteiger partial charge in [0.2, 0.25) is 0 Å². The number of hydrogen-bond acceptors (Lipinski definition) is 6. The van der Waals surface area contributed by atoms with Gasteiger partial charge in [-0.05, 0) is 31.2 Å². The minimum atomic E-state index is -0.566. The van der Waals surface area contributed by atoms with Gasteiger partial charge in [-0.2, -0.15) is 0 Å². The number of aromatic nitrogens is 1. The number of carbonyl (C=O) groups is 1. The molecule has 0 aliphatic rings. The third-order valence-electron chi connectivity index (χ3n) is 3.70. The van der Waals surface area contributed by atoms with Crippen LogP contribution in [0.25, 0.3) is 10.2 Å². The topological polar surface area (TPSA) is 85.6 Å². The molecule has 0 radical (unpaired) electrons. The van der Waals surface area contributed by atoms with Crippen LogP contribution in [0.5, 0.6) is 5.75 Å². The lowest BCUT2D eigenvalue weighted by atomic mass is 10.1. The third-order valence-corrected chi connectivity index (χ3v) is 4.76. The molecule has 0 fully saturated rings. The maximum Gasteiger partial charge on any atom is 0.311 e. The number of thiazole rings is 1. The molecule has 0 spiro atoms. The molecule has 1 amide bonds. The Morgan fingerprint density at radius 2 is 2.08 bits per heavy atom. The maximum atomic E-state index is 12.9. The van der Waals surface area contributed by atoms with Crippen molar-refractivity contribution in [3.8, 4) is 5.75 Å². The number of amides is 1. The summed E-state index contributed by atoms with van der Waals surface area (Å²) in [5, 5.41) is 11.7. The number of fused-ring (bicyclic) bond motifs is 1. The Bertz CT molecular complexity index is 921. The number of para-hydroxylation sites is 1. The number of nitro groups is 1. The summed E-state index contributed by atoms with van der Waals surface area (Å²) in [5.41, 5.74) is 0.789. The molecule has 3 aromatic rings. The van der Waals surface area contributed by atoms with Crippen LogP contribution < -0.4 is 9.64 Å². The zero-order valence-electron chi connectivity index (χ0n) is 13.6. The molecule has 0 unspecified atom stereocenters. The number of ether oxygens (including phenoxy) is 1. The van der Waals surface area contributed by atoms with Gasteiger partial charge in [0.15, 0.2) is 10.9 Å². The summed E-state index contributed by atoms with van der Waals surface area (Å²) in [6.07, 6.45) is 0. The highest BCUT2D eigenvalue weighted by molar-refractivity contribution is 7.22. The fourth-order valence-corrected chi connectivity index (χ4v) is 3.49. The molecule has 128 valence electrons. The molecule has 3 rings (SSSR count). The Kier molecular flexibility index (Phi) is 4.62. The number of nitro benzene ring substituents is 1. The van der Waals surface area contributed by atoms with E-state index in [4.69, 9.17) is 4.74 Å². The van der Waals surface area contributed by atoms with E-state index in [1.807, 2.05) is 31.2 Å². The van der Waals surface area contributed by atoms with Gasteiger partial charge in [0.25, 0.3) is 5.91 Å². The van der Waals surface area contributed by atoms with Crippen molar-refractivity contribution >= 4 is 38.3 Å². The van der Waals surface area contributed by atoms with Crippen LogP contribution in [0.4, 0.5) is 10.8 Å². The summed E-state index contributed by atoms with van der Waals surface area (Å²) < 4.78 is 5.95. The van der Waals surface area contributed by atoms with Gasteiger partial charge in [-0.25, -0.2) is 4.98 Å². The molecule has 0 aliphatic carbocycles. The summed E-state index contributed by atoms with van der Waals surface area (Å²) in [5.74, 6) is -0.225. The summed E-state index contributed by atoms with van der Waals surface area (Å²) in [7, 11) is 1.35. The van der Waals surface area contributed by atoms with Gasteiger partial charge in [0, 0.05) is 18.2 Å². The van der Waals surface area contributed by atoms with Crippen molar-refractivity contribution in [3.05, 3.63) is 58.1 Å². The van der Waals surface area contributed by atoms with E-state index in [1.54, 1.807) is 0 Å². The quantitative estimate of drug-likeness (QED) is 0.511. The Labute approximate surface area is 147 Å². The van der Waals surface area contributed by atoms with Crippen molar-refractivity contribution in [2.45, 2.75) is 6.92 Å². The number of carbonyl (C=O) groups excluding carboxylic acids is 1. The number of benzene rings is 2. The predicted octanol–water partition coefficient (Wildman–Crippen LogP) is 3.88. The largest absolute Gasteiger partial charge is 0.490 e. The SMILES string of the molecule is CCN(C(=O)c1ccc(OC)c([N+](=O)[O-])c1)c1nc2ccccc2s1. The van der Waals surface area contributed by atoms with Crippen LogP contribution >= 0.6 is 11.3 Å². The van der Waals surface area contributed by atoms with Crippen LogP contribution in [0.3, 0.4) is 0 Å². The lowest BCUT2D eigenvalue weighted by molar-refractivity contribution is -0.385. The minimum absolute atomic E-state index is 0.115. The van der Waals surface area contributed by atoms with Crippen LogP contribution in [0.2, 0.25) is 0 Å². The lowest BCUT2D eigenvalue weighted by Gasteiger charge is -2.17. The lowest BCUT2D eigenvalue weighted by Crippen LogP contribution is -2.30.